The van der Waals surface area contributed by atoms with Gasteiger partial charge in [0.15, 0.2) is 12.0 Å². The molecule has 6 rings (SSSR count). The van der Waals surface area contributed by atoms with Crippen LogP contribution < -0.4 is 42.7 Å². The van der Waals surface area contributed by atoms with Crippen LogP contribution in [0, 0.1) is 0 Å². The molecule has 1 aromatic carbocycles. The number of guanidine groups is 2. The Balaban J connectivity index is 1.22. The first-order chi connectivity index (χ1) is 19.9. The monoisotopic (exact) mass is 579 g/mol. The highest BCUT2D eigenvalue weighted by Gasteiger charge is 2.68. The number of hydrogen-bond donors (Lipinski definition) is 7. The van der Waals surface area contributed by atoms with Crippen LogP contribution in [0.4, 0.5) is 0 Å². The number of rotatable bonds is 5. The normalized spacial score (nSPS) is 28.7. The van der Waals surface area contributed by atoms with Crippen molar-refractivity contribution in [1.82, 2.24) is 30.6 Å². The van der Waals surface area contributed by atoms with Gasteiger partial charge in [-0.25, -0.2) is 15.0 Å². The van der Waals surface area contributed by atoms with Crippen LogP contribution in [0.15, 0.2) is 40.1 Å². The third-order valence-corrected chi connectivity index (χ3v) is 8.68. The lowest BCUT2D eigenvalue weighted by atomic mass is 9.79. The van der Waals surface area contributed by atoms with Crippen LogP contribution in [-0.2, 0) is 12.5 Å². The lowest BCUT2D eigenvalue weighted by molar-refractivity contribution is -0.513. The van der Waals surface area contributed by atoms with E-state index in [4.69, 9.17) is 16.2 Å². The van der Waals surface area contributed by atoms with E-state index in [1.54, 1.807) is 11.0 Å². The topological polar surface area (TPSA) is 216 Å². The molecule has 4 aliphatic heterocycles. The molecule has 0 saturated carbocycles. The Labute approximate surface area is 241 Å². The van der Waals surface area contributed by atoms with E-state index in [2.05, 4.69) is 44.9 Å². The summed E-state index contributed by atoms with van der Waals surface area (Å²) >= 11 is 0. The fourth-order valence-corrected chi connectivity index (χ4v) is 6.39. The molecule has 5 heterocycles. The van der Waals surface area contributed by atoms with Crippen molar-refractivity contribution in [2.24, 2.45) is 23.5 Å². The van der Waals surface area contributed by atoms with Crippen LogP contribution in [0.3, 0.4) is 0 Å². The van der Waals surface area contributed by atoms with E-state index in [0.29, 0.717) is 17.9 Å². The number of para-hydroxylation sites is 1. The average Bonchev–Trinajstić information content (AvgIpc) is 3.44. The average molecular weight is 580 g/mol. The van der Waals surface area contributed by atoms with Gasteiger partial charge in [-0.1, -0.05) is 26.0 Å². The molecule has 222 valence electrons. The summed E-state index contributed by atoms with van der Waals surface area (Å²) in [6.45, 7) is 4.92. The molecule has 0 aliphatic carbocycles. The number of ether oxygens (including phenoxy) is 1. The molecule has 15 heteroatoms. The number of nitrogens with two attached hydrogens (primary N) is 2. The minimum absolute atomic E-state index is 0.0271. The van der Waals surface area contributed by atoms with Gasteiger partial charge in [-0.05, 0) is 24.0 Å². The number of aryl methyl sites for hydroxylation is 1. The van der Waals surface area contributed by atoms with Crippen molar-refractivity contribution < 1.29 is 24.4 Å². The van der Waals surface area contributed by atoms with Crippen LogP contribution in [-0.4, -0.2) is 93.1 Å². The SMILES string of the molecule is Cn1nc(C(=O)NC[C@@H]2N=C(N)N3CC(NC(=O)c4cccc5c4OCCC5(C)C)[C@@H](O)[C@@]34NC(N)=[NH+][C@@H]24)ccc1=O. The van der Waals surface area contributed by atoms with Gasteiger partial charge in [-0.2, -0.15) is 5.10 Å². The Morgan fingerprint density at radius 2 is 2.02 bits per heavy atom. The molecular weight excluding hydrogens is 544 g/mol. The number of aliphatic hydroxyl groups is 1. The Bertz CT molecular complexity index is 1590. The van der Waals surface area contributed by atoms with E-state index in [1.807, 2.05) is 12.1 Å². The van der Waals surface area contributed by atoms with Crippen LogP contribution in [0.5, 0.6) is 5.75 Å². The van der Waals surface area contributed by atoms with E-state index >= 15 is 0 Å². The summed E-state index contributed by atoms with van der Waals surface area (Å²) in [6, 6.07) is 6.09. The minimum atomic E-state index is -1.24. The molecular formula is C27H35N10O5+. The van der Waals surface area contributed by atoms with Gasteiger partial charge in [0.05, 0.1) is 18.2 Å². The molecule has 42 heavy (non-hydrogen) atoms. The number of carbonyl (C=O) groups excluding carboxylic acids is 2. The highest BCUT2D eigenvalue weighted by atomic mass is 16.5. The number of aromatic nitrogens is 2. The third-order valence-electron chi connectivity index (χ3n) is 8.68. The van der Waals surface area contributed by atoms with Gasteiger partial charge in [0, 0.05) is 31.8 Å². The quantitative estimate of drug-likeness (QED) is 0.181. The van der Waals surface area contributed by atoms with E-state index in [0.717, 1.165) is 16.7 Å². The summed E-state index contributed by atoms with van der Waals surface area (Å²) in [5.74, 6) is -0.0196. The summed E-state index contributed by atoms with van der Waals surface area (Å²) < 4.78 is 7.00. The summed E-state index contributed by atoms with van der Waals surface area (Å²) in [4.78, 5) is 47.4. The standard InChI is InChI=1S/C27H34N10O5/c1-26(2)9-10-42-19-13(5-4-6-14(19)26)22(40)31-17-12-37-25(29)32-16(20-27(37,21(17)39)34-24(28)33-20)11-30-23(41)15-7-8-18(38)36(3)35-15/h4-8,16-17,20-21,39H,9-12H2,1-3H3,(H2,29,32)(H,30,41)(H,31,40)(H3,28,33,34)/p+1/t16-,17?,20-,21+,27-/m0/s1. The molecule has 0 radical (unpaired) electrons. The largest absolute Gasteiger partial charge is 0.492 e. The lowest BCUT2D eigenvalue weighted by Gasteiger charge is -2.43. The Hall–Kier alpha value is -4.66. The molecule has 1 fully saturated rings. The second-order valence-corrected chi connectivity index (χ2v) is 11.7. The Kier molecular flexibility index (Phi) is 6.36. The van der Waals surface area contributed by atoms with Gasteiger partial charge in [0.1, 0.15) is 23.6 Å². The highest BCUT2D eigenvalue weighted by Crippen LogP contribution is 2.41. The van der Waals surface area contributed by atoms with Crippen molar-refractivity contribution >= 4 is 23.7 Å². The molecule has 2 aromatic rings. The number of nitrogens with zero attached hydrogens (tertiary/aromatic N) is 4. The van der Waals surface area contributed by atoms with Crippen molar-refractivity contribution in [3.05, 3.63) is 57.5 Å². The first kappa shape index (κ1) is 27.5. The van der Waals surface area contributed by atoms with E-state index < -0.39 is 35.8 Å². The lowest BCUT2D eigenvalue weighted by Crippen LogP contribution is -2.88. The molecule has 4 aliphatic rings. The number of aliphatic imine (C=N–C) groups is 1. The van der Waals surface area contributed by atoms with Crippen molar-refractivity contribution in [3.8, 4) is 5.75 Å². The van der Waals surface area contributed by atoms with Crippen molar-refractivity contribution in [1.29, 1.82) is 0 Å². The van der Waals surface area contributed by atoms with Crippen LogP contribution in [0.1, 0.15) is 46.7 Å². The predicted octanol–water partition coefficient (Wildman–Crippen LogP) is -4.19. The van der Waals surface area contributed by atoms with Gasteiger partial charge in [-0.3, -0.25) is 25.1 Å². The molecule has 1 aromatic heterocycles. The zero-order chi connectivity index (χ0) is 30.0. The van der Waals surface area contributed by atoms with Crippen LogP contribution in [0.25, 0.3) is 0 Å². The van der Waals surface area contributed by atoms with E-state index in [1.165, 1.54) is 19.2 Å². The van der Waals surface area contributed by atoms with Gasteiger partial charge in [-0.15, -0.1) is 0 Å². The van der Waals surface area contributed by atoms with Crippen molar-refractivity contribution in [2.75, 3.05) is 19.7 Å². The number of fused-ring (bicyclic) bond motifs is 1. The summed E-state index contributed by atoms with van der Waals surface area (Å²) in [6.07, 6.45) is -0.335. The first-order valence-corrected chi connectivity index (χ1v) is 13.8. The number of carbonyl (C=O) groups is 2. The Morgan fingerprint density at radius 3 is 2.79 bits per heavy atom. The third kappa shape index (κ3) is 4.22. The van der Waals surface area contributed by atoms with Gasteiger partial charge in [0.2, 0.25) is 5.66 Å². The molecule has 5 atom stereocenters. The highest BCUT2D eigenvalue weighted by molar-refractivity contribution is 5.98. The number of nitrogens with one attached hydrogen (secondary N) is 4. The zero-order valence-corrected chi connectivity index (χ0v) is 23.5. The van der Waals surface area contributed by atoms with Gasteiger partial charge >= 0.3 is 5.96 Å². The molecule has 1 spiro atoms. The van der Waals surface area contributed by atoms with Crippen molar-refractivity contribution in [2.45, 2.75) is 55.6 Å². The Morgan fingerprint density at radius 1 is 1.24 bits per heavy atom. The van der Waals surface area contributed by atoms with Crippen LogP contribution >= 0.6 is 0 Å². The molecule has 0 bridgehead atoms. The van der Waals surface area contributed by atoms with E-state index in [9.17, 15) is 19.5 Å². The second-order valence-electron chi connectivity index (χ2n) is 11.7. The second kappa shape index (κ2) is 9.72. The summed E-state index contributed by atoms with van der Waals surface area (Å²) in [7, 11) is 1.45. The smallest absolute Gasteiger partial charge is 0.343 e. The maximum absolute atomic E-state index is 13.6. The number of benzene rings is 1. The molecule has 1 saturated heterocycles. The van der Waals surface area contributed by atoms with Crippen molar-refractivity contribution in [3.63, 3.8) is 0 Å². The fourth-order valence-electron chi connectivity index (χ4n) is 6.39. The summed E-state index contributed by atoms with van der Waals surface area (Å²) in [5.41, 5.74) is 12.3. The van der Waals surface area contributed by atoms with E-state index in [-0.39, 0.29) is 47.6 Å². The molecule has 9 N–H and O–H groups in total. The number of aliphatic hydroxyl groups excluding tert-OH is 1. The fraction of sp³-hybridized carbons (Fsp3) is 0.481. The molecule has 15 nitrogen and oxygen atoms in total. The summed E-state index contributed by atoms with van der Waals surface area (Å²) in [5, 5.41) is 24.6. The maximum atomic E-state index is 13.6. The molecule has 1 unspecified atom stereocenters. The maximum Gasteiger partial charge on any atom is 0.343 e. The zero-order valence-electron chi connectivity index (χ0n) is 23.5. The van der Waals surface area contributed by atoms with Crippen LogP contribution in [0.2, 0.25) is 0 Å². The first-order valence-electron chi connectivity index (χ1n) is 13.8. The molecule has 2 amide bonds. The van der Waals surface area contributed by atoms with Gasteiger partial charge in [0.25, 0.3) is 17.4 Å². The van der Waals surface area contributed by atoms with Gasteiger partial charge < -0.3 is 31.1 Å². The number of hydrogen-bond acceptors (Lipinski definition) is 11. The minimum Gasteiger partial charge on any atom is -0.492 e. The predicted molar refractivity (Wildman–Crippen MR) is 151 cm³/mol. The number of amides is 2.